The zero-order valence-corrected chi connectivity index (χ0v) is 17.2. The molecule has 1 aromatic carbocycles. The first-order valence-corrected chi connectivity index (χ1v) is 11.7. The van der Waals surface area contributed by atoms with Crippen LogP contribution in [0.15, 0.2) is 29.2 Å². The second-order valence-electron chi connectivity index (χ2n) is 7.92. The molecule has 29 heavy (non-hydrogen) atoms. The zero-order chi connectivity index (χ0) is 20.4. The molecule has 8 nitrogen and oxygen atoms in total. The fraction of sp³-hybridized carbons (Fsp3) is 0.600. The SMILES string of the molecule is O=C(Nc1cccc(S(=O)(=O)N2CCOCC2)c1)[C@H]1CC(=O)N(C2CCCC2)C1. The summed E-state index contributed by atoms with van der Waals surface area (Å²) in [6.07, 6.45) is 4.52. The molecular weight excluding hydrogens is 394 g/mol. The number of anilines is 1. The Bertz CT molecular complexity index is 876. The van der Waals surface area contributed by atoms with E-state index in [9.17, 15) is 18.0 Å². The second kappa shape index (κ2) is 8.41. The van der Waals surface area contributed by atoms with Gasteiger partial charge >= 0.3 is 0 Å². The van der Waals surface area contributed by atoms with Gasteiger partial charge in [-0.05, 0) is 31.0 Å². The number of carbonyl (C=O) groups is 2. The molecule has 9 heteroatoms. The molecule has 1 aliphatic carbocycles. The Morgan fingerprint density at radius 2 is 1.86 bits per heavy atom. The van der Waals surface area contributed by atoms with E-state index in [2.05, 4.69) is 5.32 Å². The molecule has 0 aromatic heterocycles. The maximum atomic E-state index is 12.8. The van der Waals surface area contributed by atoms with Gasteiger partial charge in [-0.25, -0.2) is 8.42 Å². The Hall–Kier alpha value is -1.97. The van der Waals surface area contributed by atoms with E-state index in [1.807, 2.05) is 4.90 Å². The second-order valence-corrected chi connectivity index (χ2v) is 9.86. The largest absolute Gasteiger partial charge is 0.379 e. The number of ether oxygens (including phenoxy) is 1. The van der Waals surface area contributed by atoms with Crippen LogP contribution in [0.2, 0.25) is 0 Å². The molecule has 2 amide bonds. The molecule has 3 fully saturated rings. The number of nitrogens with one attached hydrogen (secondary N) is 1. The Morgan fingerprint density at radius 3 is 2.59 bits per heavy atom. The van der Waals surface area contributed by atoms with Gasteiger partial charge in [0.2, 0.25) is 21.8 Å². The van der Waals surface area contributed by atoms with Crippen LogP contribution in [0.3, 0.4) is 0 Å². The lowest BCUT2D eigenvalue weighted by molar-refractivity contribution is -0.129. The number of morpholine rings is 1. The summed E-state index contributed by atoms with van der Waals surface area (Å²) < 4.78 is 32.3. The Balaban J connectivity index is 1.42. The van der Waals surface area contributed by atoms with Crippen molar-refractivity contribution in [3.05, 3.63) is 24.3 Å². The molecular formula is C20H27N3O5S. The van der Waals surface area contributed by atoms with Gasteiger partial charge < -0.3 is 15.0 Å². The number of hydrogen-bond acceptors (Lipinski definition) is 5. The van der Waals surface area contributed by atoms with Crippen molar-refractivity contribution >= 4 is 27.5 Å². The number of hydrogen-bond donors (Lipinski definition) is 1. The molecule has 4 rings (SSSR count). The summed E-state index contributed by atoms with van der Waals surface area (Å²) in [5, 5.41) is 2.81. The van der Waals surface area contributed by atoms with E-state index in [1.54, 1.807) is 12.1 Å². The molecule has 1 N–H and O–H groups in total. The predicted molar refractivity (Wildman–Crippen MR) is 107 cm³/mol. The number of nitrogens with zero attached hydrogens (tertiary/aromatic N) is 2. The van der Waals surface area contributed by atoms with E-state index in [4.69, 9.17) is 4.74 Å². The molecule has 0 spiro atoms. The van der Waals surface area contributed by atoms with Crippen LogP contribution in [0.25, 0.3) is 0 Å². The van der Waals surface area contributed by atoms with Crippen LogP contribution in [0, 0.1) is 5.92 Å². The van der Waals surface area contributed by atoms with Gasteiger partial charge in [-0.2, -0.15) is 4.31 Å². The highest BCUT2D eigenvalue weighted by Crippen LogP contribution is 2.30. The lowest BCUT2D eigenvalue weighted by Crippen LogP contribution is -2.40. The van der Waals surface area contributed by atoms with Crippen molar-refractivity contribution in [2.45, 2.75) is 43.0 Å². The lowest BCUT2D eigenvalue weighted by Gasteiger charge is -2.26. The molecule has 1 saturated carbocycles. The number of rotatable bonds is 5. The topological polar surface area (TPSA) is 96.0 Å². The van der Waals surface area contributed by atoms with Gasteiger partial charge in [0.25, 0.3) is 0 Å². The summed E-state index contributed by atoms with van der Waals surface area (Å²) in [5.74, 6) is -0.594. The molecule has 158 valence electrons. The minimum Gasteiger partial charge on any atom is -0.379 e. The van der Waals surface area contributed by atoms with Gasteiger partial charge in [-0.1, -0.05) is 18.9 Å². The van der Waals surface area contributed by atoms with Gasteiger partial charge in [-0.3, -0.25) is 9.59 Å². The van der Waals surface area contributed by atoms with E-state index < -0.39 is 15.9 Å². The summed E-state index contributed by atoms with van der Waals surface area (Å²) in [6.45, 7) is 1.84. The third-order valence-corrected chi connectivity index (χ3v) is 7.90. The third kappa shape index (κ3) is 4.31. The van der Waals surface area contributed by atoms with Crippen LogP contribution in [-0.2, 0) is 24.3 Å². The van der Waals surface area contributed by atoms with Crippen LogP contribution < -0.4 is 5.32 Å². The number of likely N-dealkylation sites (tertiary alicyclic amines) is 1. The number of benzene rings is 1. The first kappa shape index (κ1) is 20.3. The lowest BCUT2D eigenvalue weighted by atomic mass is 10.1. The van der Waals surface area contributed by atoms with E-state index in [0.717, 1.165) is 25.7 Å². The fourth-order valence-corrected chi connectivity index (χ4v) is 5.85. The molecule has 1 aromatic rings. The highest BCUT2D eigenvalue weighted by molar-refractivity contribution is 7.89. The molecule has 3 aliphatic rings. The van der Waals surface area contributed by atoms with Gasteiger partial charge in [0.15, 0.2) is 0 Å². The van der Waals surface area contributed by atoms with E-state index in [0.29, 0.717) is 38.5 Å². The van der Waals surface area contributed by atoms with Crippen LogP contribution in [0.1, 0.15) is 32.1 Å². The molecule has 2 heterocycles. The van der Waals surface area contributed by atoms with Crippen molar-refractivity contribution < 1.29 is 22.7 Å². The number of amides is 2. The summed E-state index contributed by atoms with van der Waals surface area (Å²) in [7, 11) is -3.63. The van der Waals surface area contributed by atoms with Crippen molar-refractivity contribution in [1.82, 2.24) is 9.21 Å². The number of sulfonamides is 1. The van der Waals surface area contributed by atoms with Gasteiger partial charge in [-0.15, -0.1) is 0 Å². The molecule has 0 unspecified atom stereocenters. The standard InChI is InChI=1S/C20H27N3O5S/c24-19-12-15(14-23(19)17-5-1-2-6-17)20(25)21-16-4-3-7-18(13-16)29(26,27)22-8-10-28-11-9-22/h3-4,7,13,15,17H,1-2,5-6,8-12,14H2,(H,21,25)/t15-/m0/s1. The quantitative estimate of drug-likeness (QED) is 0.776. The Kier molecular flexibility index (Phi) is 5.89. The van der Waals surface area contributed by atoms with Crippen molar-refractivity contribution in [1.29, 1.82) is 0 Å². The first-order valence-electron chi connectivity index (χ1n) is 10.2. The van der Waals surface area contributed by atoms with Gasteiger partial charge in [0, 0.05) is 37.8 Å². The van der Waals surface area contributed by atoms with Crippen molar-refractivity contribution in [3.8, 4) is 0 Å². The highest BCUT2D eigenvalue weighted by Gasteiger charge is 2.38. The van der Waals surface area contributed by atoms with Gasteiger partial charge in [0.1, 0.15) is 0 Å². The first-order chi connectivity index (χ1) is 13.9. The van der Waals surface area contributed by atoms with Crippen LogP contribution in [0.5, 0.6) is 0 Å². The molecule has 0 radical (unpaired) electrons. The van der Waals surface area contributed by atoms with Crippen LogP contribution >= 0.6 is 0 Å². The zero-order valence-electron chi connectivity index (χ0n) is 16.4. The summed E-state index contributed by atoms with van der Waals surface area (Å²) in [4.78, 5) is 27.1. The van der Waals surface area contributed by atoms with Crippen molar-refractivity contribution in [2.75, 3.05) is 38.2 Å². The summed E-state index contributed by atoms with van der Waals surface area (Å²) in [5.41, 5.74) is 0.427. The maximum absolute atomic E-state index is 12.8. The molecule has 1 atom stereocenters. The molecule has 2 aliphatic heterocycles. The Labute approximate surface area is 171 Å². The summed E-state index contributed by atoms with van der Waals surface area (Å²) in [6, 6.07) is 6.56. The predicted octanol–water partition coefficient (Wildman–Crippen LogP) is 1.44. The van der Waals surface area contributed by atoms with Crippen LogP contribution in [-0.4, -0.2) is 68.3 Å². The van der Waals surface area contributed by atoms with E-state index in [-0.39, 0.29) is 29.2 Å². The van der Waals surface area contributed by atoms with Crippen LogP contribution in [0.4, 0.5) is 5.69 Å². The molecule has 2 saturated heterocycles. The monoisotopic (exact) mass is 421 g/mol. The Morgan fingerprint density at radius 1 is 1.14 bits per heavy atom. The average Bonchev–Trinajstić information content (AvgIpc) is 3.38. The minimum absolute atomic E-state index is 0.0423. The smallest absolute Gasteiger partial charge is 0.243 e. The number of carbonyl (C=O) groups excluding carboxylic acids is 2. The van der Waals surface area contributed by atoms with Crippen molar-refractivity contribution in [2.24, 2.45) is 5.92 Å². The van der Waals surface area contributed by atoms with Crippen molar-refractivity contribution in [3.63, 3.8) is 0 Å². The van der Waals surface area contributed by atoms with Gasteiger partial charge in [0.05, 0.1) is 24.0 Å². The molecule has 0 bridgehead atoms. The highest BCUT2D eigenvalue weighted by atomic mass is 32.2. The minimum atomic E-state index is -3.63. The normalized spacial score (nSPS) is 24.2. The van der Waals surface area contributed by atoms with E-state index in [1.165, 1.54) is 16.4 Å². The summed E-state index contributed by atoms with van der Waals surface area (Å²) >= 11 is 0. The fourth-order valence-electron chi connectivity index (χ4n) is 4.39. The maximum Gasteiger partial charge on any atom is 0.243 e. The average molecular weight is 422 g/mol. The van der Waals surface area contributed by atoms with E-state index >= 15 is 0 Å². The third-order valence-electron chi connectivity index (χ3n) is 6.00.